The number of benzene rings is 1. The number of hydrogen-bond acceptors (Lipinski definition) is 5. The van der Waals surface area contributed by atoms with Gasteiger partial charge >= 0.3 is 0 Å². The molecule has 0 spiro atoms. The van der Waals surface area contributed by atoms with Crippen LogP contribution in [0.2, 0.25) is 0 Å². The first-order chi connectivity index (χ1) is 10.9. The zero-order valence-corrected chi connectivity index (χ0v) is 13.5. The van der Waals surface area contributed by atoms with E-state index in [1.165, 1.54) is 0 Å². The number of nitriles is 2. The van der Waals surface area contributed by atoms with Crippen LogP contribution in [0.1, 0.15) is 50.8 Å². The van der Waals surface area contributed by atoms with Crippen LogP contribution in [-0.4, -0.2) is 22.6 Å². The maximum absolute atomic E-state index is 10.7. The summed E-state index contributed by atoms with van der Waals surface area (Å²) in [4.78, 5) is 3.80. The predicted molar refractivity (Wildman–Crippen MR) is 85.7 cm³/mol. The monoisotopic (exact) mass is 312 g/mol. The Bertz CT molecular complexity index is 698. The Balaban J connectivity index is 2.46. The van der Waals surface area contributed by atoms with Gasteiger partial charge in [-0.25, -0.2) is 0 Å². The summed E-state index contributed by atoms with van der Waals surface area (Å²) in [6.07, 6.45) is 2.35. The quantitative estimate of drug-likeness (QED) is 0.507. The van der Waals surface area contributed by atoms with Gasteiger partial charge in [0.2, 0.25) is 6.19 Å². The molecule has 0 amide bonds. The van der Waals surface area contributed by atoms with E-state index in [4.69, 9.17) is 15.3 Å². The number of amidine groups is 1. The molecule has 0 saturated carbocycles. The second-order valence-corrected chi connectivity index (χ2v) is 6.05. The Morgan fingerprint density at radius 3 is 2.78 bits per heavy atom. The van der Waals surface area contributed by atoms with Crippen molar-refractivity contribution in [2.75, 3.05) is 0 Å². The molecular weight excluding hydrogens is 292 g/mol. The van der Waals surface area contributed by atoms with Crippen LogP contribution in [0.3, 0.4) is 0 Å². The summed E-state index contributed by atoms with van der Waals surface area (Å²) < 4.78 is 5.86. The highest BCUT2D eigenvalue weighted by molar-refractivity contribution is 5.83. The minimum atomic E-state index is -0.857. The molecule has 1 aliphatic rings. The van der Waals surface area contributed by atoms with Gasteiger partial charge in [0.15, 0.2) is 0 Å². The molecule has 6 heteroatoms. The number of nitrogens with zero attached hydrogens (tertiary/aromatic N) is 3. The maximum atomic E-state index is 10.7. The summed E-state index contributed by atoms with van der Waals surface area (Å²) >= 11 is 0. The molecule has 2 atom stereocenters. The number of rotatable bonds is 3. The van der Waals surface area contributed by atoms with Crippen LogP contribution in [0.15, 0.2) is 23.2 Å². The number of aliphatic hydroxyl groups is 1. The molecule has 1 heterocycles. The topological polar surface area (TPSA) is 101 Å². The zero-order valence-electron chi connectivity index (χ0n) is 13.5. The van der Waals surface area contributed by atoms with E-state index < -0.39 is 17.7 Å². The van der Waals surface area contributed by atoms with Crippen LogP contribution in [0, 0.1) is 22.8 Å². The van der Waals surface area contributed by atoms with Gasteiger partial charge in [-0.2, -0.15) is 15.5 Å². The van der Waals surface area contributed by atoms with Crippen molar-refractivity contribution < 1.29 is 9.84 Å². The maximum Gasteiger partial charge on any atom is 0.207 e. The Hall–Kier alpha value is -2.57. The van der Waals surface area contributed by atoms with E-state index in [0.717, 1.165) is 6.42 Å². The molecular formula is C17H20N4O2. The SMILES string of the molecule is CCCC(=NC#N)NC1c2cc(C#N)ccc2OC(C)(C)C1O. The highest BCUT2D eigenvalue weighted by atomic mass is 16.5. The standard InChI is InChI=1S/C17H20N4O2/c1-4-5-14(20-10-19)21-15-12-8-11(9-18)6-7-13(12)23-17(2,3)16(15)22/h6-8,15-16,22H,4-5H2,1-3H3,(H,20,21). The third-order valence-electron chi connectivity index (χ3n) is 3.87. The lowest BCUT2D eigenvalue weighted by Crippen LogP contribution is -2.53. The van der Waals surface area contributed by atoms with Gasteiger partial charge in [0.1, 0.15) is 23.3 Å². The largest absolute Gasteiger partial charge is 0.485 e. The molecule has 1 aromatic carbocycles. The van der Waals surface area contributed by atoms with E-state index in [9.17, 15) is 5.11 Å². The Morgan fingerprint density at radius 2 is 2.17 bits per heavy atom. The minimum absolute atomic E-state index is 0.486. The molecule has 0 bridgehead atoms. The Morgan fingerprint density at radius 1 is 1.43 bits per heavy atom. The summed E-state index contributed by atoms with van der Waals surface area (Å²) in [5.41, 5.74) is 0.376. The van der Waals surface area contributed by atoms with E-state index in [2.05, 4.69) is 16.4 Å². The fraction of sp³-hybridized carbons (Fsp3) is 0.471. The number of fused-ring (bicyclic) bond motifs is 1. The van der Waals surface area contributed by atoms with E-state index in [1.54, 1.807) is 38.2 Å². The second-order valence-electron chi connectivity index (χ2n) is 6.05. The zero-order chi connectivity index (χ0) is 17.0. The molecule has 0 aromatic heterocycles. The normalized spacial score (nSPS) is 22.3. The number of aliphatic hydroxyl groups excluding tert-OH is 1. The molecule has 1 aliphatic heterocycles. The number of aliphatic imine (C=N–C) groups is 1. The Kier molecular flexibility index (Phi) is 4.88. The molecule has 0 radical (unpaired) electrons. The lowest BCUT2D eigenvalue weighted by atomic mass is 9.86. The lowest BCUT2D eigenvalue weighted by Gasteiger charge is -2.42. The highest BCUT2D eigenvalue weighted by Gasteiger charge is 2.43. The molecule has 2 unspecified atom stereocenters. The van der Waals surface area contributed by atoms with E-state index in [-0.39, 0.29) is 0 Å². The van der Waals surface area contributed by atoms with E-state index in [0.29, 0.717) is 29.1 Å². The van der Waals surface area contributed by atoms with E-state index in [1.807, 2.05) is 6.92 Å². The summed E-state index contributed by atoms with van der Waals surface area (Å²) in [6, 6.07) is 6.70. The third-order valence-corrected chi connectivity index (χ3v) is 3.87. The number of hydrogen-bond donors (Lipinski definition) is 2. The van der Waals surface area contributed by atoms with Crippen molar-refractivity contribution in [2.24, 2.45) is 4.99 Å². The van der Waals surface area contributed by atoms with Crippen LogP contribution >= 0.6 is 0 Å². The van der Waals surface area contributed by atoms with Gasteiger partial charge in [0.25, 0.3) is 0 Å². The van der Waals surface area contributed by atoms with Gasteiger partial charge in [-0.3, -0.25) is 0 Å². The fourth-order valence-corrected chi connectivity index (χ4v) is 2.66. The highest BCUT2D eigenvalue weighted by Crippen LogP contribution is 2.40. The van der Waals surface area contributed by atoms with Gasteiger partial charge < -0.3 is 15.2 Å². The number of ether oxygens (including phenoxy) is 1. The molecule has 0 fully saturated rings. The first-order valence-corrected chi connectivity index (χ1v) is 7.56. The summed E-state index contributed by atoms with van der Waals surface area (Å²) in [5, 5.41) is 31.8. The minimum Gasteiger partial charge on any atom is -0.485 e. The van der Waals surface area contributed by atoms with Crippen molar-refractivity contribution >= 4 is 5.84 Å². The fourth-order valence-electron chi connectivity index (χ4n) is 2.66. The third kappa shape index (κ3) is 3.44. The molecule has 120 valence electrons. The van der Waals surface area contributed by atoms with Crippen LogP contribution in [0.4, 0.5) is 0 Å². The summed E-state index contributed by atoms with van der Waals surface area (Å²) in [5.74, 6) is 1.13. The lowest BCUT2D eigenvalue weighted by molar-refractivity contribution is -0.0611. The molecule has 0 aliphatic carbocycles. The van der Waals surface area contributed by atoms with Crippen LogP contribution in [0.25, 0.3) is 0 Å². The van der Waals surface area contributed by atoms with Crippen molar-refractivity contribution in [3.63, 3.8) is 0 Å². The summed E-state index contributed by atoms with van der Waals surface area (Å²) in [7, 11) is 0. The summed E-state index contributed by atoms with van der Waals surface area (Å²) in [6.45, 7) is 5.59. The van der Waals surface area contributed by atoms with Crippen LogP contribution in [-0.2, 0) is 0 Å². The van der Waals surface area contributed by atoms with Crippen molar-refractivity contribution in [3.8, 4) is 18.0 Å². The molecule has 1 aromatic rings. The molecule has 2 rings (SSSR count). The predicted octanol–water partition coefficient (Wildman–Crippen LogP) is 2.40. The molecule has 2 N–H and O–H groups in total. The second kappa shape index (κ2) is 6.68. The van der Waals surface area contributed by atoms with Crippen molar-refractivity contribution in [3.05, 3.63) is 29.3 Å². The molecule has 23 heavy (non-hydrogen) atoms. The van der Waals surface area contributed by atoms with Crippen molar-refractivity contribution in [1.29, 1.82) is 10.5 Å². The molecule has 0 saturated heterocycles. The van der Waals surface area contributed by atoms with Gasteiger partial charge in [-0.1, -0.05) is 6.92 Å². The van der Waals surface area contributed by atoms with Crippen molar-refractivity contribution in [1.82, 2.24) is 5.32 Å². The van der Waals surface area contributed by atoms with Crippen LogP contribution < -0.4 is 10.1 Å². The smallest absolute Gasteiger partial charge is 0.207 e. The van der Waals surface area contributed by atoms with Crippen LogP contribution in [0.5, 0.6) is 5.75 Å². The first kappa shape index (κ1) is 16.8. The first-order valence-electron chi connectivity index (χ1n) is 7.56. The average Bonchev–Trinajstić information content (AvgIpc) is 2.51. The average molecular weight is 312 g/mol. The Labute approximate surface area is 136 Å². The number of nitrogens with one attached hydrogen (secondary N) is 1. The van der Waals surface area contributed by atoms with Gasteiger partial charge in [0, 0.05) is 12.0 Å². The van der Waals surface area contributed by atoms with E-state index >= 15 is 0 Å². The van der Waals surface area contributed by atoms with Crippen molar-refractivity contribution in [2.45, 2.75) is 51.4 Å². The molecule has 6 nitrogen and oxygen atoms in total. The van der Waals surface area contributed by atoms with Gasteiger partial charge in [-0.05, 0) is 38.5 Å². The van der Waals surface area contributed by atoms with Gasteiger partial charge in [0.05, 0.1) is 17.7 Å². The van der Waals surface area contributed by atoms with Gasteiger partial charge in [-0.15, -0.1) is 0 Å².